The maximum atomic E-state index is 10.9. The van der Waals surface area contributed by atoms with Crippen LogP contribution in [0.2, 0.25) is 0 Å². The Morgan fingerprint density at radius 3 is 2.57 bits per heavy atom. The van der Waals surface area contributed by atoms with Crippen LogP contribution in [0, 0.1) is 11.3 Å². The summed E-state index contributed by atoms with van der Waals surface area (Å²) < 4.78 is 0. The van der Waals surface area contributed by atoms with Crippen molar-refractivity contribution in [2.75, 3.05) is 0 Å². The minimum atomic E-state index is -0.981. The number of carboxylic acids is 1. The molecule has 0 aliphatic heterocycles. The molecule has 0 fully saturated rings. The van der Waals surface area contributed by atoms with E-state index in [1.807, 2.05) is 19.9 Å². The molecule has 1 rings (SSSR count). The van der Waals surface area contributed by atoms with Gasteiger partial charge in [-0.25, -0.2) is 4.79 Å². The summed E-state index contributed by atoms with van der Waals surface area (Å²) in [5.74, 6) is -0.942. The molecular formula is C11H11NO2. The molecule has 0 radical (unpaired) electrons. The molecule has 0 heterocycles. The molecular weight excluding hydrogens is 178 g/mol. The van der Waals surface area contributed by atoms with Crippen molar-refractivity contribution in [3.8, 4) is 6.07 Å². The summed E-state index contributed by atoms with van der Waals surface area (Å²) in [6.45, 7) is 3.76. The summed E-state index contributed by atoms with van der Waals surface area (Å²) in [5, 5.41) is 17.8. The standard InChI is InChI=1S/C11H11NO2/c1-7(2)10-8(6-12)4-3-5-9(10)11(13)14/h3-5,7H,1-2H3,(H,13,14). The van der Waals surface area contributed by atoms with Gasteiger partial charge < -0.3 is 5.11 Å². The second-order valence-corrected chi connectivity index (χ2v) is 3.34. The minimum Gasteiger partial charge on any atom is -0.478 e. The van der Waals surface area contributed by atoms with Gasteiger partial charge >= 0.3 is 5.97 Å². The Morgan fingerprint density at radius 1 is 1.50 bits per heavy atom. The summed E-state index contributed by atoms with van der Waals surface area (Å²) in [7, 11) is 0. The van der Waals surface area contributed by atoms with Gasteiger partial charge in [-0.3, -0.25) is 0 Å². The fourth-order valence-electron chi connectivity index (χ4n) is 1.47. The zero-order valence-corrected chi connectivity index (χ0v) is 8.11. The summed E-state index contributed by atoms with van der Waals surface area (Å²) in [5.41, 5.74) is 1.28. The van der Waals surface area contributed by atoms with Crippen LogP contribution in [-0.4, -0.2) is 11.1 Å². The summed E-state index contributed by atoms with van der Waals surface area (Å²) in [6, 6.07) is 6.77. The van der Waals surface area contributed by atoms with Crippen LogP contribution in [0.5, 0.6) is 0 Å². The van der Waals surface area contributed by atoms with Crippen molar-refractivity contribution in [1.29, 1.82) is 5.26 Å². The predicted octanol–water partition coefficient (Wildman–Crippen LogP) is 2.38. The Kier molecular flexibility index (Phi) is 2.88. The maximum Gasteiger partial charge on any atom is 0.336 e. The van der Waals surface area contributed by atoms with Crippen LogP contribution in [0.4, 0.5) is 0 Å². The van der Waals surface area contributed by atoms with Crippen molar-refractivity contribution in [2.24, 2.45) is 0 Å². The monoisotopic (exact) mass is 189 g/mol. The molecule has 72 valence electrons. The number of nitriles is 1. The molecule has 3 nitrogen and oxygen atoms in total. The summed E-state index contributed by atoms with van der Waals surface area (Å²) >= 11 is 0. The van der Waals surface area contributed by atoms with E-state index < -0.39 is 5.97 Å². The van der Waals surface area contributed by atoms with Crippen molar-refractivity contribution >= 4 is 5.97 Å². The summed E-state index contributed by atoms with van der Waals surface area (Å²) in [6.07, 6.45) is 0. The fraction of sp³-hybridized carbons (Fsp3) is 0.273. The Labute approximate surface area is 82.6 Å². The van der Waals surface area contributed by atoms with Gasteiger partial charge in [0.05, 0.1) is 17.2 Å². The number of hydrogen-bond acceptors (Lipinski definition) is 2. The van der Waals surface area contributed by atoms with Crippen molar-refractivity contribution in [3.05, 3.63) is 34.9 Å². The number of hydrogen-bond donors (Lipinski definition) is 1. The van der Waals surface area contributed by atoms with Crippen LogP contribution in [0.1, 0.15) is 41.3 Å². The lowest BCUT2D eigenvalue weighted by molar-refractivity contribution is 0.0695. The van der Waals surface area contributed by atoms with Crippen LogP contribution in [0.15, 0.2) is 18.2 Å². The molecule has 0 saturated heterocycles. The van der Waals surface area contributed by atoms with Crippen molar-refractivity contribution < 1.29 is 9.90 Å². The van der Waals surface area contributed by atoms with Gasteiger partial charge in [-0.2, -0.15) is 5.26 Å². The Balaban J connectivity index is 3.45. The first-order valence-electron chi connectivity index (χ1n) is 4.34. The minimum absolute atomic E-state index is 0.0388. The molecule has 0 unspecified atom stereocenters. The quantitative estimate of drug-likeness (QED) is 0.776. The third kappa shape index (κ3) is 1.74. The lowest BCUT2D eigenvalue weighted by Crippen LogP contribution is -2.05. The molecule has 0 spiro atoms. The van der Waals surface area contributed by atoms with E-state index in [4.69, 9.17) is 10.4 Å². The smallest absolute Gasteiger partial charge is 0.336 e. The Bertz CT molecular complexity index is 402. The van der Waals surface area contributed by atoms with Crippen molar-refractivity contribution in [2.45, 2.75) is 19.8 Å². The van der Waals surface area contributed by atoms with Gasteiger partial charge in [-0.15, -0.1) is 0 Å². The molecule has 0 atom stereocenters. The number of nitrogens with zero attached hydrogens (tertiary/aromatic N) is 1. The average molecular weight is 189 g/mol. The van der Waals surface area contributed by atoms with Crippen LogP contribution in [0.25, 0.3) is 0 Å². The van der Waals surface area contributed by atoms with Gasteiger partial charge in [0.2, 0.25) is 0 Å². The maximum absolute atomic E-state index is 10.9. The van der Waals surface area contributed by atoms with E-state index in [1.165, 1.54) is 6.07 Å². The van der Waals surface area contributed by atoms with Crippen LogP contribution < -0.4 is 0 Å². The first-order valence-corrected chi connectivity index (χ1v) is 4.34. The normalized spacial score (nSPS) is 9.86. The molecule has 1 aromatic carbocycles. The topological polar surface area (TPSA) is 61.1 Å². The van der Waals surface area contributed by atoms with Gasteiger partial charge in [0.25, 0.3) is 0 Å². The fourth-order valence-corrected chi connectivity index (χ4v) is 1.47. The highest BCUT2D eigenvalue weighted by Gasteiger charge is 2.15. The number of aromatic carboxylic acids is 1. The van der Waals surface area contributed by atoms with Crippen LogP contribution in [-0.2, 0) is 0 Å². The van der Waals surface area contributed by atoms with Crippen molar-refractivity contribution in [1.82, 2.24) is 0 Å². The largest absolute Gasteiger partial charge is 0.478 e. The van der Waals surface area contributed by atoms with Crippen LogP contribution in [0.3, 0.4) is 0 Å². The Morgan fingerprint density at radius 2 is 2.14 bits per heavy atom. The lowest BCUT2D eigenvalue weighted by atomic mass is 9.92. The Hall–Kier alpha value is -1.82. The second-order valence-electron chi connectivity index (χ2n) is 3.34. The molecule has 3 heteroatoms. The third-order valence-corrected chi connectivity index (χ3v) is 2.03. The molecule has 0 aliphatic carbocycles. The van der Waals surface area contributed by atoms with Crippen molar-refractivity contribution in [3.63, 3.8) is 0 Å². The molecule has 1 N–H and O–H groups in total. The van der Waals surface area contributed by atoms with Gasteiger partial charge in [-0.05, 0) is 23.6 Å². The molecule has 0 aliphatic rings. The second kappa shape index (κ2) is 3.93. The van der Waals surface area contributed by atoms with Gasteiger partial charge in [-0.1, -0.05) is 19.9 Å². The SMILES string of the molecule is CC(C)c1c(C#N)cccc1C(=O)O. The number of carboxylic acid groups (broad SMARTS) is 1. The highest BCUT2D eigenvalue weighted by Crippen LogP contribution is 2.23. The van der Waals surface area contributed by atoms with E-state index >= 15 is 0 Å². The predicted molar refractivity (Wildman–Crippen MR) is 52.2 cm³/mol. The van der Waals surface area contributed by atoms with Gasteiger partial charge in [0, 0.05) is 0 Å². The average Bonchev–Trinajstić information content (AvgIpc) is 2.16. The molecule has 0 saturated carbocycles. The highest BCUT2D eigenvalue weighted by molar-refractivity contribution is 5.90. The third-order valence-electron chi connectivity index (χ3n) is 2.03. The van der Waals surface area contributed by atoms with Crippen LogP contribution >= 0.6 is 0 Å². The van der Waals surface area contributed by atoms with E-state index in [-0.39, 0.29) is 11.5 Å². The first-order chi connectivity index (χ1) is 6.57. The van der Waals surface area contributed by atoms with Gasteiger partial charge in [0.15, 0.2) is 0 Å². The summed E-state index contributed by atoms with van der Waals surface area (Å²) in [4.78, 5) is 10.9. The zero-order chi connectivity index (χ0) is 10.7. The molecule has 1 aromatic rings. The number of rotatable bonds is 2. The molecule has 0 bridgehead atoms. The number of carbonyl (C=O) groups is 1. The molecule has 14 heavy (non-hydrogen) atoms. The first kappa shape index (κ1) is 10.3. The van der Waals surface area contributed by atoms with Gasteiger partial charge in [0.1, 0.15) is 0 Å². The van der Waals surface area contributed by atoms with E-state index in [0.29, 0.717) is 11.1 Å². The highest BCUT2D eigenvalue weighted by atomic mass is 16.4. The zero-order valence-electron chi connectivity index (χ0n) is 8.11. The molecule has 0 amide bonds. The van der Waals surface area contributed by atoms with E-state index in [1.54, 1.807) is 12.1 Å². The lowest BCUT2D eigenvalue weighted by Gasteiger charge is -2.10. The molecule has 0 aromatic heterocycles. The number of benzene rings is 1. The van der Waals surface area contributed by atoms with E-state index in [2.05, 4.69) is 0 Å². The van der Waals surface area contributed by atoms with E-state index in [9.17, 15) is 4.79 Å². The van der Waals surface area contributed by atoms with E-state index in [0.717, 1.165) is 0 Å².